The Morgan fingerprint density at radius 2 is 1.86 bits per heavy atom. The normalized spacial score (nSPS) is 18.6. The standard InChI is InChI=1S/C17H23N3O6S2/c1-27(22,23)11-16(21)19-14-10-17(5-7-18-8-6-17)26-15-4-3-12(9-13(14)15)20-28(2,24)25/h3-4,9-10,18,20H,5-8,11H2,1-2H3,(H,19,21). The lowest BCUT2D eigenvalue weighted by Crippen LogP contribution is -2.47. The Kier molecular flexibility index (Phi) is 5.43. The lowest BCUT2D eigenvalue weighted by atomic mass is 9.87. The number of sulfonamides is 1. The second-order valence-corrected chi connectivity index (χ2v) is 11.1. The van der Waals surface area contributed by atoms with Crippen LogP contribution in [0.4, 0.5) is 5.69 Å². The van der Waals surface area contributed by atoms with Gasteiger partial charge in [-0.2, -0.15) is 0 Å². The van der Waals surface area contributed by atoms with Crippen LogP contribution < -0.4 is 20.1 Å². The highest BCUT2D eigenvalue weighted by Crippen LogP contribution is 2.40. The summed E-state index contributed by atoms with van der Waals surface area (Å²) in [6.07, 6.45) is 5.18. The summed E-state index contributed by atoms with van der Waals surface area (Å²) in [5.41, 5.74) is 0.598. The zero-order valence-corrected chi connectivity index (χ0v) is 17.2. The number of ether oxygens (including phenoxy) is 1. The fourth-order valence-electron chi connectivity index (χ4n) is 3.32. The number of nitrogens with one attached hydrogen (secondary N) is 3. The summed E-state index contributed by atoms with van der Waals surface area (Å²) in [6.45, 7) is 1.48. The number of fused-ring (bicyclic) bond motifs is 1. The summed E-state index contributed by atoms with van der Waals surface area (Å²) in [6, 6.07) is 4.77. The van der Waals surface area contributed by atoms with E-state index in [9.17, 15) is 21.6 Å². The van der Waals surface area contributed by atoms with Crippen LogP contribution in [0.2, 0.25) is 0 Å². The van der Waals surface area contributed by atoms with Crippen molar-refractivity contribution >= 4 is 37.2 Å². The molecule has 0 atom stereocenters. The average Bonchev–Trinajstić information content (AvgIpc) is 2.53. The molecule has 0 aliphatic carbocycles. The second kappa shape index (κ2) is 7.37. The molecule has 1 aromatic carbocycles. The van der Waals surface area contributed by atoms with Gasteiger partial charge in [-0.1, -0.05) is 0 Å². The molecule has 0 bridgehead atoms. The molecule has 0 saturated carbocycles. The molecule has 11 heteroatoms. The number of hydrogen-bond donors (Lipinski definition) is 3. The van der Waals surface area contributed by atoms with Gasteiger partial charge in [0, 0.05) is 30.3 Å². The highest BCUT2D eigenvalue weighted by molar-refractivity contribution is 7.92. The van der Waals surface area contributed by atoms with E-state index in [1.165, 1.54) is 0 Å². The molecule has 0 aromatic heterocycles. The highest BCUT2D eigenvalue weighted by Gasteiger charge is 2.37. The van der Waals surface area contributed by atoms with Crippen LogP contribution >= 0.6 is 0 Å². The molecule has 9 nitrogen and oxygen atoms in total. The monoisotopic (exact) mass is 429 g/mol. The number of anilines is 1. The molecule has 154 valence electrons. The Morgan fingerprint density at radius 1 is 1.18 bits per heavy atom. The third-order valence-electron chi connectivity index (χ3n) is 4.41. The van der Waals surface area contributed by atoms with Crippen molar-refractivity contribution in [3.8, 4) is 5.75 Å². The van der Waals surface area contributed by atoms with Crippen LogP contribution in [0.5, 0.6) is 5.75 Å². The average molecular weight is 430 g/mol. The number of piperidine rings is 1. The van der Waals surface area contributed by atoms with E-state index in [-0.39, 0.29) is 0 Å². The smallest absolute Gasteiger partial charge is 0.239 e. The van der Waals surface area contributed by atoms with Crippen LogP contribution in [0.1, 0.15) is 18.4 Å². The molecule has 2 heterocycles. The topological polar surface area (TPSA) is 131 Å². The van der Waals surface area contributed by atoms with Crippen LogP contribution in [0.25, 0.3) is 5.70 Å². The van der Waals surface area contributed by atoms with Crippen LogP contribution in [-0.2, 0) is 24.7 Å². The van der Waals surface area contributed by atoms with Gasteiger partial charge in [-0.25, -0.2) is 16.8 Å². The first kappa shape index (κ1) is 20.6. The van der Waals surface area contributed by atoms with Crippen LogP contribution in [0, 0.1) is 0 Å². The van der Waals surface area contributed by atoms with E-state index in [0.29, 0.717) is 35.5 Å². The number of sulfone groups is 1. The molecule has 3 rings (SSSR count). The minimum atomic E-state index is -3.49. The van der Waals surface area contributed by atoms with Gasteiger partial charge in [0.2, 0.25) is 15.9 Å². The van der Waals surface area contributed by atoms with Gasteiger partial charge in [0.15, 0.2) is 9.84 Å². The molecule has 2 aliphatic rings. The van der Waals surface area contributed by atoms with Gasteiger partial charge in [-0.3, -0.25) is 9.52 Å². The maximum absolute atomic E-state index is 12.2. The number of carbonyl (C=O) groups is 1. The van der Waals surface area contributed by atoms with E-state index in [2.05, 4.69) is 15.4 Å². The summed E-state index contributed by atoms with van der Waals surface area (Å²) in [5, 5.41) is 5.91. The quantitative estimate of drug-likeness (QED) is 0.604. The highest BCUT2D eigenvalue weighted by atomic mass is 32.2. The Morgan fingerprint density at radius 3 is 2.46 bits per heavy atom. The van der Waals surface area contributed by atoms with E-state index >= 15 is 0 Å². The molecule has 3 N–H and O–H groups in total. The van der Waals surface area contributed by atoms with Gasteiger partial charge in [0.25, 0.3) is 0 Å². The minimum absolute atomic E-state index is 0.314. The Balaban J connectivity index is 1.99. The maximum atomic E-state index is 12.2. The Labute approximate surface area is 164 Å². The first-order chi connectivity index (χ1) is 12.9. The van der Waals surface area contributed by atoms with Gasteiger partial charge < -0.3 is 15.4 Å². The van der Waals surface area contributed by atoms with Crippen LogP contribution in [0.3, 0.4) is 0 Å². The SMILES string of the molecule is CS(=O)(=O)CC(=O)NC1=CC2(CCNCC2)Oc2ccc(NS(C)(=O)=O)cc21. The number of hydrogen-bond acceptors (Lipinski definition) is 7. The van der Waals surface area contributed by atoms with Crippen molar-refractivity contribution in [2.75, 3.05) is 36.1 Å². The number of carbonyl (C=O) groups excluding carboxylic acids is 1. The molecular weight excluding hydrogens is 406 g/mol. The molecule has 1 amide bonds. The van der Waals surface area contributed by atoms with Gasteiger partial charge in [0.1, 0.15) is 17.1 Å². The summed E-state index contributed by atoms with van der Waals surface area (Å²) in [5.74, 6) is -0.804. The molecule has 0 unspecified atom stereocenters. The third kappa shape index (κ3) is 5.24. The summed E-state index contributed by atoms with van der Waals surface area (Å²) in [7, 11) is -6.97. The van der Waals surface area contributed by atoms with E-state index in [4.69, 9.17) is 4.74 Å². The molecule has 1 spiro atoms. The maximum Gasteiger partial charge on any atom is 0.239 e. The van der Waals surface area contributed by atoms with E-state index < -0.39 is 37.1 Å². The summed E-state index contributed by atoms with van der Waals surface area (Å²) in [4.78, 5) is 12.2. The van der Waals surface area contributed by atoms with Gasteiger partial charge in [0.05, 0.1) is 12.0 Å². The van der Waals surface area contributed by atoms with Gasteiger partial charge >= 0.3 is 0 Å². The molecule has 28 heavy (non-hydrogen) atoms. The minimum Gasteiger partial charge on any atom is -0.482 e. The fraction of sp³-hybridized carbons (Fsp3) is 0.471. The molecule has 0 radical (unpaired) electrons. The van der Waals surface area contributed by atoms with Gasteiger partial charge in [-0.05, 0) is 37.4 Å². The Bertz CT molecular complexity index is 1020. The van der Waals surface area contributed by atoms with Crippen molar-refractivity contribution in [2.24, 2.45) is 0 Å². The fourth-order valence-corrected chi connectivity index (χ4v) is 4.42. The van der Waals surface area contributed by atoms with Crippen molar-refractivity contribution in [1.29, 1.82) is 0 Å². The van der Waals surface area contributed by atoms with Crippen molar-refractivity contribution in [3.63, 3.8) is 0 Å². The molecule has 1 fully saturated rings. The van der Waals surface area contributed by atoms with Crippen molar-refractivity contribution in [3.05, 3.63) is 29.8 Å². The lowest BCUT2D eigenvalue weighted by Gasteiger charge is -2.40. The molecule has 1 aromatic rings. The molecule has 1 saturated heterocycles. The largest absolute Gasteiger partial charge is 0.482 e. The number of benzene rings is 1. The van der Waals surface area contributed by atoms with E-state index in [0.717, 1.165) is 25.6 Å². The second-order valence-electron chi connectivity index (χ2n) is 7.18. The molecule has 2 aliphatic heterocycles. The van der Waals surface area contributed by atoms with Crippen LogP contribution in [0.15, 0.2) is 24.3 Å². The van der Waals surface area contributed by atoms with Crippen molar-refractivity contribution in [1.82, 2.24) is 10.6 Å². The predicted octanol–water partition coefficient (Wildman–Crippen LogP) is 0.0744. The summed E-state index contributed by atoms with van der Waals surface area (Å²) < 4.78 is 54.5. The third-order valence-corrected chi connectivity index (χ3v) is 5.80. The first-order valence-corrected chi connectivity index (χ1v) is 12.6. The van der Waals surface area contributed by atoms with E-state index in [1.807, 2.05) is 0 Å². The zero-order valence-electron chi connectivity index (χ0n) is 15.6. The lowest BCUT2D eigenvalue weighted by molar-refractivity contribution is -0.117. The van der Waals surface area contributed by atoms with Crippen molar-refractivity contribution < 1.29 is 26.4 Å². The van der Waals surface area contributed by atoms with Crippen LogP contribution in [-0.4, -0.2) is 59.7 Å². The number of amides is 1. The predicted molar refractivity (Wildman–Crippen MR) is 106 cm³/mol. The van der Waals surface area contributed by atoms with E-state index in [1.54, 1.807) is 24.3 Å². The Hall–Kier alpha value is -2.11. The molecular formula is C17H23N3O6S2. The van der Waals surface area contributed by atoms with Gasteiger partial charge in [-0.15, -0.1) is 0 Å². The summed E-state index contributed by atoms with van der Waals surface area (Å²) >= 11 is 0. The van der Waals surface area contributed by atoms with Crippen molar-refractivity contribution in [2.45, 2.75) is 18.4 Å². The first-order valence-electron chi connectivity index (χ1n) is 8.67. The number of rotatable bonds is 5. The zero-order chi connectivity index (χ0) is 20.6.